The van der Waals surface area contributed by atoms with E-state index < -0.39 is 14.9 Å². The van der Waals surface area contributed by atoms with Crippen molar-refractivity contribution in [3.05, 3.63) is 58.1 Å². The van der Waals surface area contributed by atoms with Gasteiger partial charge < -0.3 is 9.47 Å². The number of aryl methyl sites for hydroxylation is 1. The van der Waals surface area contributed by atoms with Crippen LogP contribution >= 0.6 is 0 Å². The lowest BCUT2D eigenvalue weighted by atomic mass is 10.2. The van der Waals surface area contributed by atoms with Crippen LogP contribution in [0.15, 0.2) is 47.4 Å². The molecule has 0 aromatic heterocycles. The lowest BCUT2D eigenvalue weighted by Gasteiger charge is -2.16. The molecule has 0 bridgehead atoms. The zero-order chi connectivity index (χ0) is 20.9. The predicted molar refractivity (Wildman–Crippen MR) is 108 cm³/mol. The molecule has 1 aliphatic rings. The molecule has 8 nitrogen and oxygen atoms in total. The van der Waals surface area contributed by atoms with Gasteiger partial charge in [0.2, 0.25) is 10.0 Å². The van der Waals surface area contributed by atoms with Crippen LogP contribution in [-0.4, -0.2) is 43.9 Å². The zero-order valence-electron chi connectivity index (χ0n) is 16.2. The summed E-state index contributed by atoms with van der Waals surface area (Å²) in [5.41, 5.74) is 0.739. The SMILES string of the molecule is Cc1cccc(OCCCOc2ccc(S(=O)(=O)N3CCCC3)cc2[N+](=O)[O-])c1. The third-order valence-corrected chi connectivity index (χ3v) is 6.53. The molecular weight excluding hydrogens is 396 g/mol. The largest absolute Gasteiger partial charge is 0.493 e. The van der Waals surface area contributed by atoms with Gasteiger partial charge >= 0.3 is 5.69 Å². The molecule has 2 aromatic rings. The maximum atomic E-state index is 12.6. The highest BCUT2D eigenvalue weighted by Gasteiger charge is 2.29. The molecule has 1 heterocycles. The van der Waals surface area contributed by atoms with E-state index in [1.54, 1.807) is 0 Å². The Morgan fingerprint density at radius 1 is 1.07 bits per heavy atom. The third-order valence-electron chi connectivity index (χ3n) is 4.63. The Bertz CT molecular complexity index is 971. The minimum absolute atomic E-state index is 0.0472. The van der Waals surface area contributed by atoms with E-state index in [1.165, 1.54) is 16.4 Å². The molecular formula is C20H24N2O6S. The molecule has 0 radical (unpaired) electrons. The first-order chi connectivity index (χ1) is 13.9. The van der Waals surface area contributed by atoms with Crippen LogP contribution in [0.2, 0.25) is 0 Å². The molecule has 9 heteroatoms. The molecule has 0 N–H and O–H groups in total. The minimum Gasteiger partial charge on any atom is -0.493 e. The molecule has 0 unspecified atom stereocenters. The lowest BCUT2D eigenvalue weighted by molar-refractivity contribution is -0.386. The molecule has 2 aromatic carbocycles. The summed E-state index contributed by atoms with van der Waals surface area (Å²) >= 11 is 0. The number of sulfonamides is 1. The molecule has 0 aliphatic carbocycles. The van der Waals surface area contributed by atoms with Crippen LogP contribution in [0.4, 0.5) is 5.69 Å². The van der Waals surface area contributed by atoms with Crippen LogP contribution in [0, 0.1) is 17.0 Å². The van der Waals surface area contributed by atoms with E-state index in [0.29, 0.717) is 26.1 Å². The first-order valence-corrected chi connectivity index (χ1v) is 10.9. The second-order valence-corrected chi connectivity index (χ2v) is 8.80. The van der Waals surface area contributed by atoms with Crippen molar-refractivity contribution >= 4 is 15.7 Å². The summed E-state index contributed by atoms with van der Waals surface area (Å²) in [6, 6.07) is 11.4. The van der Waals surface area contributed by atoms with E-state index in [4.69, 9.17) is 9.47 Å². The van der Waals surface area contributed by atoms with Gasteiger partial charge in [0.1, 0.15) is 5.75 Å². The summed E-state index contributed by atoms with van der Waals surface area (Å²) in [6.45, 7) is 3.47. The summed E-state index contributed by atoms with van der Waals surface area (Å²) < 4.78 is 37.8. The molecule has 1 fully saturated rings. The number of rotatable bonds is 9. The highest BCUT2D eigenvalue weighted by atomic mass is 32.2. The second kappa shape index (κ2) is 9.23. The number of benzene rings is 2. The van der Waals surface area contributed by atoms with Crippen molar-refractivity contribution in [2.75, 3.05) is 26.3 Å². The fraction of sp³-hybridized carbons (Fsp3) is 0.400. The van der Waals surface area contributed by atoms with Crippen LogP contribution in [0.5, 0.6) is 11.5 Å². The van der Waals surface area contributed by atoms with Gasteiger partial charge in [-0.3, -0.25) is 10.1 Å². The number of hydrogen-bond donors (Lipinski definition) is 0. The first kappa shape index (κ1) is 21.1. The fourth-order valence-electron chi connectivity index (χ4n) is 3.14. The molecule has 1 saturated heterocycles. The van der Waals surface area contributed by atoms with Crippen molar-refractivity contribution in [3.63, 3.8) is 0 Å². The second-order valence-electron chi connectivity index (χ2n) is 6.86. The van der Waals surface area contributed by atoms with Gasteiger partial charge in [0.05, 0.1) is 23.0 Å². The van der Waals surface area contributed by atoms with Crippen LogP contribution in [-0.2, 0) is 10.0 Å². The summed E-state index contributed by atoms with van der Waals surface area (Å²) in [7, 11) is -3.72. The maximum Gasteiger partial charge on any atom is 0.312 e. The van der Waals surface area contributed by atoms with Crippen molar-refractivity contribution < 1.29 is 22.8 Å². The van der Waals surface area contributed by atoms with Crippen molar-refractivity contribution in [1.82, 2.24) is 4.31 Å². The van der Waals surface area contributed by atoms with Gasteiger partial charge in [-0.1, -0.05) is 12.1 Å². The van der Waals surface area contributed by atoms with Gasteiger partial charge in [-0.25, -0.2) is 8.42 Å². The molecule has 0 amide bonds. The third kappa shape index (κ3) is 5.24. The average molecular weight is 420 g/mol. The Hall–Kier alpha value is -2.65. The van der Waals surface area contributed by atoms with Crippen molar-refractivity contribution in [3.8, 4) is 11.5 Å². The molecule has 156 valence electrons. The van der Waals surface area contributed by atoms with E-state index in [2.05, 4.69) is 0 Å². The highest BCUT2D eigenvalue weighted by Crippen LogP contribution is 2.31. The Balaban J connectivity index is 1.61. The van der Waals surface area contributed by atoms with E-state index in [-0.39, 0.29) is 22.9 Å². The van der Waals surface area contributed by atoms with Crippen molar-refractivity contribution in [2.24, 2.45) is 0 Å². The molecule has 0 atom stereocenters. The van der Waals surface area contributed by atoms with E-state index in [1.807, 2.05) is 31.2 Å². The van der Waals surface area contributed by atoms with Crippen LogP contribution in [0.25, 0.3) is 0 Å². The monoisotopic (exact) mass is 420 g/mol. The fourth-order valence-corrected chi connectivity index (χ4v) is 4.67. The summed E-state index contributed by atoms with van der Waals surface area (Å²) in [6.07, 6.45) is 2.12. The van der Waals surface area contributed by atoms with Crippen LogP contribution in [0.3, 0.4) is 0 Å². The first-order valence-electron chi connectivity index (χ1n) is 9.49. The molecule has 1 aliphatic heterocycles. The van der Waals surface area contributed by atoms with Crippen LogP contribution in [0.1, 0.15) is 24.8 Å². The van der Waals surface area contributed by atoms with Crippen LogP contribution < -0.4 is 9.47 Å². The standard InChI is InChI=1S/C20H24N2O6S/c1-16-6-4-7-17(14-16)27-12-5-13-28-20-9-8-18(15-19(20)22(23)24)29(25,26)21-10-2-3-11-21/h4,6-9,14-15H,2-3,5,10-13H2,1H3. The smallest absolute Gasteiger partial charge is 0.312 e. The summed E-state index contributed by atoms with van der Waals surface area (Å²) in [5.74, 6) is 0.804. The topological polar surface area (TPSA) is 99.0 Å². The average Bonchev–Trinajstić information content (AvgIpc) is 3.23. The van der Waals surface area contributed by atoms with Gasteiger partial charge in [0.15, 0.2) is 5.75 Å². The summed E-state index contributed by atoms with van der Waals surface area (Å²) in [4.78, 5) is 10.7. The Kier molecular flexibility index (Phi) is 6.71. The zero-order valence-corrected chi connectivity index (χ0v) is 17.1. The van der Waals surface area contributed by atoms with Gasteiger partial charge in [0, 0.05) is 25.6 Å². The number of nitro groups is 1. The maximum absolute atomic E-state index is 12.6. The lowest BCUT2D eigenvalue weighted by Crippen LogP contribution is -2.27. The normalized spacial score (nSPS) is 14.7. The molecule has 3 rings (SSSR count). The number of nitrogens with zero attached hydrogens (tertiary/aromatic N) is 2. The number of ether oxygens (including phenoxy) is 2. The Labute approximate surface area is 170 Å². The van der Waals surface area contributed by atoms with Crippen molar-refractivity contribution in [2.45, 2.75) is 31.1 Å². The summed E-state index contributed by atoms with van der Waals surface area (Å²) in [5, 5.41) is 11.4. The minimum atomic E-state index is -3.72. The van der Waals surface area contributed by atoms with Gasteiger partial charge in [-0.2, -0.15) is 4.31 Å². The molecule has 29 heavy (non-hydrogen) atoms. The van der Waals surface area contributed by atoms with E-state index >= 15 is 0 Å². The Morgan fingerprint density at radius 3 is 2.48 bits per heavy atom. The molecule has 0 spiro atoms. The highest BCUT2D eigenvalue weighted by molar-refractivity contribution is 7.89. The van der Waals surface area contributed by atoms with E-state index in [0.717, 1.165) is 30.2 Å². The van der Waals surface area contributed by atoms with Gasteiger partial charge in [0.25, 0.3) is 0 Å². The molecule has 0 saturated carbocycles. The van der Waals surface area contributed by atoms with Crippen molar-refractivity contribution in [1.29, 1.82) is 0 Å². The van der Waals surface area contributed by atoms with Gasteiger partial charge in [-0.15, -0.1) is 0 Å². The van der Waals surface area contributed by atoms with Gasteiger partial charge in [-0.05, 0) is 49.6 Å². The Morgan fingerprint density at radius 2 is 1.79 bits per heavy atom. The number of hydrogen-bond acceptors (Lipinski definition) is 6. The quantitative estimate of drug-likeness (QED) is 0.350. The number of nitro benzene ring substituents is 1. The predicted octanol–water partition coefficient (Wildman–Crippen LogP) is 3.54. The van der Waals surface area contributed by atoms with E-state index in [9.17, 15) is 18.5 Å².